The van der Waals surface area contributed by atoms with E-state index < -0.39 is 12.1 Å². The zero-order valence-corrected chi connectivity index (χ0v) is 11.5. The summed E-state index contributed by atoms with van der Waals surface area (Å²) in [7, 11) is 0. The standard InChI is InChI=1S/C14H19ClO3/c1-3-4-7-18-13(14(16)17)9-11-6-5-10(2)12(15)8-11/h5-6,8,13H,3-4,7,9H2,1-2H3,(H,16,17)/t13-/m1/s1. The number of rotatable bonds is 7. The third-order valence-corrected chi connectivity index (χ3v) is 3.16. The van der Waals surface area contributed by atoms with Crippen molar-refractivity contribution in [1.29, 1.82) is 0 Å². The molecule has 0 aromatic heterocycles. The molecule has 1 aromatic carbocycles. The van der Waals surface area contributed by atoms with Gasteiger partial charge >= 0.3 is 5.97 Å². The largest absolute Gasteiger partial charge is 0.479 e. The Morgan fingerprint density at radius 3 is 2.78 bits per heavy atom. The van der Waals surface area contributed by atoms with E-state index in [0.29, 0.717) is 18.1 Å². The molecule has 0 saturated carbocycles. The summed E-state index contributed by atoms with van der Waals surface area (Å²) >= 11 is 6.02. The molecular formula is C14H19ClO3. The molecule has 1 rings (SSSR count). The lowest BCUT2D eigenvalue weighted by Gasteiger charge is -2.14. The van der Waals surface area contributed by atoms with Gasteiger partial charge in [0.1, 0.15) is 0 Å². The highest BCUT2D eigenvalue weighted by molar-refractivity contribution is 6.31. The summed E-state index contributed by atoms with van der Waals surface area (Å²) in [5.41, 5.74) is 1.87. The minimum Gasteiger partial charge on any atom is -0.479 e. The number of hydrogen-bond donors (Lipinski definition) is 1. The van der Waals surface area contributed by atoms with Gasteiger partial charge in [-0.15, -0.1) is 0 Å². The van der Waals surface area contributed by atoms with Gasteiger partial charge in [-0.2, -0.15) is 0 Å². The van der Waals surface area contributed by atoms with Crippen LogP contribution in [0.25, 0.3) is 0 Å². The summed E-state index contributed by atoms with van der Waals surface area (Å²) in [4.78, 5) is 11.1. The number of halogens is 1. The van der Waals surface area contributed by atoms with Gasteiger partial charge in [0.25, 0.3) is 0 Å². The lowest BCUT2D eigenvalue weighted by atomic mass is 10.1. The first-order valence-corrected chi connectivity index (χ1v) is 6.51. The van der Waals surface area contributed by atoms with Crippen molar-refractivity contribution in [3.8, 4) is 0 Å². The summed E-state index contributed by atoms with van der Waals surface area (Å²) in [5.74, 6) is -0.928. The van der Waals surface area contributed by atoms with E-state index in [1.54, 1.807) is 6.07 Å². The number of hydrogen-bond acceptors (Lipinski definition) is 2. The zero-order chi connectivity index (χ0) is 13.5. The van der Waals surface area contributed by atoms with Crippen LogP contribution in [0.4, 0.5) is 0 Å². The highest BCUT2D eigenvalue weighted by Gasteiger charge is 2.18. The molecule has 100 valence electrons. The third kappa shape index (κ3) is 4.67. The number of aliphatic carboxylic acids is 1. The fraction of sp³-hybridized carbons (Fsp3) is 0.500. The van der Waals surface area contributed by atoms with Crippen LogP contribution in [0, 0.1) is 6.92 Å². The van der Waals surface area contributed by atoms with Crippen LogP contribution in [0.1, 0.15) is 30.9 Å². The molecule has 1 atom stereocenters. The van der Waals surface area contributed by atoms with Gasteiger partial charge in [-0.1, -0.05) is 37.1 Å². The van der Waals surface area contributed by atoms with Gasteiger partial charge in [0.2, 0.25) is 0 Å². The van der Waals surface area contributed by atoms with Crippen molar-refractivity contribution in [2.75, 3.05) is 6.61 Å². The van der Waals surface area contributed by atoms with Crippen molar-refractivity contribution in [3.05, 3.63) is 34.3 Å². The molecule has 0 aliphatic rings. The number of aryl methyl sites for hydroxylation is 1. The van der Waals surface area contributed by atoms with Crippen LogP contribution in [0.2, 0.25) is 5.02 Å². The Morgan fingerprint density at radius 2 is 2.22 bits per heavy atom. The second-order valence-corrected chi connectivity index (χ2v) is 4.75. The molecule has 0 radical (unpaired) electrons. The molecule has 0 unspecified atom stereocenters. The number of carboxylic acids is 1. The average molecular weight is 271 g/mol. The second kappa shape index (κ2) is 7.39. The van der Waals surface area contributed by atoms with Crippen molar-refractivity contribution in [3.63, 3.8) is 0 Å². The number of carboxylic acid groups (broad SMARTS) is 1. The monoisotopic (exact) mass is 270 g/mol. The van der Waals surface area contributed by atoms with Crippen LogP contribution >= 0.6 is 11.6 Å². The molecule has 1 aromatic rings. The van der Waals surface area contributed by atoms with Crippen LogP contribution in [-0.2, 0) is 16.0 Å². The Hall–Kier alpha value is -1.06. The zero-order valence-electron chi connectivity index (χ0n) is 10.8. The first kappa shape index (κ1) is 15.0. The Bertz CT molecular complexity index is 404. The maximum absolute atomic E-state index is 11.1. The molecule has 3 nitrogen and oxygen atoms in total. The normalized spacial score (nSPS) is 12.4. The summed E-state index contributed by atoms with van der Waals surface area (Å²) in [6.07, 6.45) is 1.41. The van der Waals surface area contributed by atoms with Gasteiger partial charge < -0.3 is 9.84 Å². The van der Waals surface area contributed by atoms with E-state index in [0.717, 1.165) is 24.0 Å². The molecule has 0 spiro atoms. The van der Waals surface area contributed by atoms with Gasteiger partial charge in [-0.25, -0.2) is 4.79 Å². The predicted octanol–water partition coefficient (Wildman–Crippen LogP) is 3.46. The molecule has 0 aliphatic heterocycles. The van der Waals surface area contributed by atoms with Gasteiger partial charge in [-0.05, 0) is 30.5 Å². The topological polar surface area (TPSA) is 46.5 Å². The molecule has 18 heavy (non-hydrogen) atoms. The van der Waals surface area contributed by atoms with E-state index >= 15 is 0 Å². The first-order valence-electron chi connectivity index (χ1n) is 6.14. The van der Waals surface area contributed by atoms with E-state index in [1.165, 1.54) is 0 Å². The molecule has 1 N–H and O–H groups in total. The highest BCUT2D eigenvalue weighted by atomic mass is 35.5. The summed E-state index contributed by atoms with van der Waals surface area (Å²) in [6.45, 7) is 4.43. The van der Waals surface area contributed by atoms with Crippen molar-refractivity contribution in [2.24, 2.45) is 0 Å². The minimum atomic E-state index is -0.928. The van der Waals surface area contributed by atoms with E-state index in [4.69, 9.17) is 21.4 Å². The van der Waals surface area contributed by atoms with Gasteiger partial charge in [-0.3, -0.25) is 0 Å². The fourth-order valence-corrected chi connectivity index (χ4v) is 1.77. The van der Waals surface area contributed by atoms with Crippen LogP contribution < -0.4 is 0 Å². The van der Waals surface area contributed by atoms with Crippen molar-refractivity contribution >= 4 is 17.6 Å². The van der Waals surface area contributed by atoms with Gasteiger partial charge in [0.05, 0.1) is 0 Å². The molecule has 0 amide bonds. The highest BCUT2D eigenvalue weighted by Crippen LogP contribution is 2.18. The Balaban J connectivity index is 2.64. The molecular weight excluding hydrogens is 252 g/mol. The van der Waals surface area contributed by atoms with E-state index in [2.05, 4.69) is 0 Å². The fourth-order valence-electron chi connectivity index (χ4n) is 1.56. The summed E-state index contributed by atoms with van der Waals surface area (Å²) in [5, 5.41) is 9.76. The summed E-state index contributed by atoms with van der Waals surface area (Å²) in [6, 6.07) is 5.58. The average Bonchev–Trinajstić information content (AvgIpc) is 2.32. The van der Waals surface area contributed by atoms with E-state index in [1.807, 2.05) is 26.0 Å². The van der Waals surface area contributed by atoms with Crippen molar-refractivity contribution in [2.45, 2.75) is 39.2 Å². The van der Waals surface area contributed by atoms with Crippen LogP contribution in [0.15, 0.2) is 18.2 Å². The van der Waals surface area contributed by atoms with E-state index in [-0.39, 0.29) is 0 Å². The van der Waals surface area contributed by atoms with Crippen LogP contribution in [0.3, 0.4) is 0 Å². The lowest BCUT2D eigenvalue weighted by molar-refractivity contribution is -0.150. The number of unbranched alkanes of at least 4 members (excludes halogenated alkanes) is 1. The maximum atomic E-state index is 11.1. The molecule has 0 bridgehead atoms. The maximum Gasteiger partial charge on any atom is 0.333 e. The number of ether oxygens (including phenoxy) is 1. The minimum absolute atomic E-state index is 0.346. The SMILES string of the molecule is CCCCO[C@H](Cc1ccc(C)c(Cl)c1)C(=O)O. The van der Waals surface area contributed by atoms with Crippen molar-refractivity contribution in [1.82, 2.24) is 0 Å². The third-order valence-electron chi connectivity index (χ3n) is 2.75. The Kier molecular flexibility index (Phi) is 6.16. The van der Waals surface area contributed by atoms with E-state index in [9.17, 15) is 4.79 Å². The predicted molar refractivity (Wildman–Crippen MR) is 72.2 cm³/mol. The number of benzene rings is 1. The first-order chi connectivity index (χ1) is 8.54. The Morgan fingerprint density at radius 1 is 1.50 bits per heavy atom. The van der Waals surface area contributed by atoms with Crippen molar-refractivity contribution < 1.29 is 14.6 Å². The lowest BCUT2D eigenvalue weighted by Crippen LogP contribution is -2.26. The molecule has 0 fully saturated rings. The second-order valence-electron chi connectivity index (χ2n) is 4.34. The Labute approximate surface area is 113 Å². The molecule has 4 heteroatoms. The molecule has 0 saturated heterocycles. The quantitative estimate of drug-likeness (QED) is 0.772. The molecule has 0 aliphatic carbocycles. The van der Waals surface area contributed by atoms with Gasteiger partial charge in [0, 0.05) is 18.1 Å². The van der Waals surface area contributed by atoms with Crippen LogP contribution in [-0.4, -0.2) is 23.8 Å². The smallest absolute Gasteiger partial charge is 0.333 e. The van der Waals surface area contributed by atoms with Crippen LogP contribution in [0.5, 0.6) is 0 Å². The summed E-state index contributed by atoms with van der Waals surface area (Å²) < 4.78 is 5.38. The van der Waals surface area contributed by atoms with Gasteiger partial charge in [0.15, 0.2) is 6.10 Å². The molecule has 0 heterocycles. The number of carbonyl (C=O) groups is 1.